The van der Waals surface area contributed by atoms with Crippen molar-refractivity contribution < 1.29 is 0 Å². The van der Waals surface area contributed by atoms with E-state index in [1.165, 1.54) is 16.7 Å². The number of hydrogen-bond donors (Lipinski definition) is 0. The Labute approximate surface area is 177 Å². The molecule has 0 aliphatic carbocycles. The summed E-state index contributed by atoms with van der Waals surface area (Å²) in [5, 5.41) is 9.54. The van der Waals surface area contributed by atoms with E-state index in [9.17, 15) is 5.26 Å². The maximum atomic E-state index is 9.54. The molecule has 0 fully saturated rings. The van der Waals surface area contributed by atoms with Gasteiger partial charge >= 0.3 is 0 Å². The van der Waals surface area contributed by atoms with E-state index in [1.807, 2.05) is 48.5 Å². The van der Waals surface area contributed by atoms with Crippen molar-refractivity contribution in [2.24, 2.45) is 0 Å². The number of benzene rings is 4. The van der Waals surface area contributed by atoms with Crippen LogP contribution in [-0.2, 0) is 0 Å². The topological polar surface area (TPSA) is 23.8 Å². The Morgan fingerprint density at radius 1 is 0.500 bits per heavy atom. The molecule has 1 nitrogen and oxygen atoms in total. The van der Waals surface area contributed by atoms with Crippen LogP contribution in [0.1, 0.15) is 27.8 Å². The Hall–Kier alpha value is -4.15. The molecule has 4 aromatic rings. The zero-order valence-corrected chi connectivity index (χ0v) is 16.6. The molecule has 4 rings (SSSR count). The maximum absolute atomic E-state index is 9.54. The van der Waals surface area contributed by atoms with Gasteiger partial charge in [0, 0.05) is 0 Å². The van der Waals surface area contributed by atoms with Gasteiger partial charge in [-0.15, -0.1) is 0 Å². The molecule has 0 saturated carbocycles. The van der Waals surface area contributed by atoms with Gasteiger partial charge in [-0.1, -0.05) is 115 Å². The van der Waals surface area contributed by atoms with Crippen LogP contribution in [0.25, 0.3) is 23.3 Å². The Balaban J connectivity index is 1.68. The minimum atomic E-state index is 0.660. The zero-order valence-electron chi connectivity index (χ0n) is 16.6. The van der Waals surface area contributed by atoms with E-state index in [0.717, 1.165) is 16.7 Å². The van der Waals surface area contributed by atoms with E-state index in [2.05, 4.69) is 84.9 Å². The normalized spacial score (nSPS) is 10.8. The summed E-state index contributed by atoms with van der Waals surface area (Å²) in [7, 11) is 0. The van der Waals surface area contributed by atoms with Crippen molar-refractivity contribution in [2.75, 3.05) is 0 Å². The van der Waals surface area contributed by atoms with Gasteiger partial charge in [-0.3, -0.25) is 0 Å². The molecule has 0 aromatic heterocycles. The first-order chi connectivity index (χ1) is 14.8. The van der Waals surface area contributed by atoms with Gasteiger partial charge in [0.1, 0.15) is 0 Å². The van der Waals surface area contributed by atoms with Gasteiger partial charge in [0.15, 0.2) is 0 Å². The summed E-state index contributed by atoms with van der Waals surface area (Å²) in [6.07, 6.45) is 4.14. The van der Waals surface area contributed by atoms with Crippen molar-refractivity contribution >= 4 is 23.3 Å². The highest BCUT2D eigenvalue weighted by Gasteiger charge is 2.05. The lowest BCUT2D eigenvalue weighted by Crippen LogP contribution is -1.88. The Morgan fingerprint density at radius 3 is 1.33 bits per heavy atom. The van der Waals surface area contributed by atoms with E-state index in [-0.39, 0.29) is 0 Å². The molecule has 0 radical (unpaired) electrons. The third-order valence-corrected chi connectivity index (χ3v) is 4.93. The molecule has 0 aliphatic rings. The second-order valence-electron chi connectivity index (χ2n) is 6.99. The summed E-state index contributed by atoms with van der Waals surface area (Å²) in [6, 6.07) is 41.2. The summed E-state index contributed by atoms with van der Waals surface area (Å²) >= 11 is 0. The first-order valence-electron chi connectivity index (χ1n) is 9.93. The highest BCUT2D eigenvalue weighted by molar-refractivity contribution is 5.92. The summed E-state index contributed by atoms with van der Waals surface area (Å²) in [5.74, 6) is 0. The van der Waals surface area contributed by atoms with Gasteiger partial charge in [0.25, 0.3) is 0 Å². The van der Waals surface area contributed by atoms with E-state index in [1.54, 1.807) is 0 Å². The molecule has 0 unspecified atom stereocenters. The standard InChI is InChI=1S/C29H21N/c30-22-28(25-10-4-1-5-11-25)20-23-16-18-24(19-17-23)21-29(26-12-6-2-7-13-26)27-14-8-3-9-15-27/h1-21H/b28-20+. The predicted octanol–water partition coefficient (Wildman–Crippen LogP) is 7.34. The van der Waals surface area contributed by atoms with Gasteiger partial charge in [-0.2, -0.15) is 5.26 Å². The lowest BCUT2D eigenvalue weighted by Gasteiger charge is -2.09. The molecule has 0 aliphatic heterocycles. The number of nitriles is 1. The van der Waals surface area contributed by atoms with Crippen LogP contribution < -0.4 is 0 Å². The van der Waals surface area contributed by atoms with Crippen molar-refractivity contribution in [3.05, 3.63) is 143 Å². The van der Waals surface area contributed by atoms with Crippen LogP contribution in [0, 0.1) is 11.3 Å². The van der Waals surface area contributed by atoms with Gasteiger partial charge < -0.3 is 0 Å². The fraction of sp³-hybridized carbons (Fsp3) is 0. The first-order valence-corrected chi connectivity index (χ1v) is 9.93. The number of allylic oxidation sites excluding steroid dienone is 1. The monoisotopic (exact) mass is 383 g/mol. The minimum Gasteiger partial charge on any atom is -0.192 e. The molecule has 0 amide bonds. The summed E-state index contributed by atoms with van der Waals surface area (Å²) in [6.45, 7) is 0. The van der Waals surface area contributed by atoms with Gasteiger partial charge in [0.05, 0.1) is 11.6 Å². The van der Waals surface area contributed by atoms with E-state index in [0.29, 0.717) is 5.57 Å². The Kier molecular flexibility index (Phi) is 5.99. The summed E-state index contributed by atoms with van der Waals surface area (Å²) < 4.78 is 0. The molecular weight excluding hydrogens is 362 g/mol. The third-order valence-electron chi connectivity index (χ3n) is 4.93. The van der Waals surface area contributed by atoms with Gasteiger partial charge in [0.2, 0.25) is 0 Å². The second-order valence-corrected chi connectivity index (χ2v) is 6.99. The van der Waals surface area contributed by atoms with Crippen LogP contribution in [0.4, 0.5) is 0 Å². The molecule has 0 spiro atoms. The molecule has 0 saturated heterocycles. The molecule has 0 heterocycles. The van der Waals surface area contributed by atoms with Crippen molar-refractivity contribution in [1.82, 2.24) is 0 Å². The molecular formula is C29H21N. The van der Waals surface area contributed by atoms with Gasteiger partial charge in [-0.25, -0.2) is 0 Å². The first kappa shape index (κ1) is 19.2. The highest BCUT2D eigenvalue weighted by atomic mass is 14.2. The van der Waals surface area contributed by atoms with Crippen LogP contribution >= 0.6 is 0 Å². The predicted molar refractivity (Wildman–Crippen MR) is 126 cm³/mol. The van der Waals surface area contributed by atoms with E-state index < -0.39 is 0 Å². The summed E-state index contributed by atoms with van der Waals surface area (Å²) in [4.78, 5) is 0. The molecule has 0 atom stereocenters. The van der Waals surface area contributed by atoms with Crippen LogP contribution in [0.2, 0.25) is 0 Å². The van der Waals surface area contributed by atoms with Crippen molar-refractivity contribution in [2.45, 2.75) is 0 Å². The van der Waals surface area contributed by atoms with E-state index in [4.69, 9.17) is 0 Å². The molecule has 4 aromatic carbocycles. The zero-order chi connectivity index (χ0) is 20.6. The average molecular weight is 383 g/mol. The molecule has 30 heavy (non-hydrogen) atoms. The molecule has 0 N–H and O–H groups in total. The van der Waals surface area contributed by atoms with E-state index >= 15 is 0 Å². The number of rotatable bonds is 5. The lowest BCUT2D eigenvalue weighted by atomic mass is 9.95. The maximum Gasteiger partial charge on any atom is 0.0998 e. The Bertz CT molecular complexity index is 1150. The third kappa shape index (κ3) is 4.63. The molecule has 1 heteroatoms. The largest absolute Gasteiger partial charge is 0.192 e. The second kappa shape index (κ2) is 9.37. The molecule has 142 valence electrons. The van der Waals surface area contributed by atoms with Crippen molar-refractivity contribution in [3.8, 4) is 6.07 Å². The minimum absolute atomic E-state index is 0.660. The fourth-order valence-corrected chi connectivity index (χ4v) is 3.39. The quantitative estimate of drug-likeness (QED) is 0.261. The van der Waals surface area contributed by atoms with Crippen LogP contribution in [0.3, 0.4) is 0 Å². The average Bonchev–Trinajstić information content (AvgIpc) is 2.83. The highest BCUT2D eigenvalue weighted by Crippen LogP contribution is 2.26. The van der Waals surface area contributed by atoms with Crippen molar-refractivity contribution in [3.63, 3.8) is 0 Å². The smallest absolute Gasteiger partial charge is 0.0998 e. The van der Waals surface area contributed by atoms with Gasteiger partial charge in [-0.05, 0) is 45.5 Å². The molecule has 0 bridgehead atoms. The number of hydrogen-bond acceptors (Lipinski definition) is 1. The van der Waals surface area contributed by atoms with Crippen LogP contribution in [-0.4, -0.2) is 0 Å². The van der Waals surface area contributed by atoms with Crippen molar-refractivity contribution in [1.29, 1.82) is 5.26 Å². The summed E-state index contributed by atoms with van der Waals surface area (Å²) in [5.41, 5.74) is 7.27. The van der Waals surface area contributed by atoms with Crippen LogP contribution in [0.5, 0.6) is 0 Å². The Morgan fingerprint density at radius 2 is 0.900 bits per heavy atom. The van der Waals surface area contributed by atoms with Crippen LogP contribution in [0.15, 0.2) is 115 Å². The number of nitrogens with zero attached hydrogens (tertiary/aromatic N) is 1. The lowest BCUT2D eigenvalue weighted by molar-refractivity contribution is 1.52. The fourth-order valence-electron chi connectivity index (χ4n) is 3.39. The SMILES string of the molecule is N#C/C(=C\c1ccc(C=C(c2ccccc2)c2ccccc2)cc1)c1ccccc1.